The highest BCUT2D eigenvalue weighted by Gasteiger charge is 2.30. The summed E-state index contributed by atoms with van der Waals surface area (Å²) in [5.74, 6) is -1.60. The van der Waals surface area contributed by atoms with Gasteiger partial charge in [0.25, 0.3) is 5.91 Å². The number of esters is 1. The van der Waals surface area contributed by atoms with Gasteiger partial charge < -0.3 is 9.64 Å². The normalized spacial score (nSPS) is 14.9. The zero-order chi connectivity index (χ0) is 24.0. The first-order valence-electron chi connectivity index (χ1n) is 10.2. The van der Waals surface area contributed by atoms with Gasteiger partial charge in [0.05, 0.1) is 4.90 Å². The van der Waals surface area contributed by atoms with Crippen LogP contribution in [0.25, 0.3) is 0 Å². The number of sulfonamides is 1. The molecule has 0 aliphatic carbocycles. The van der Waals surface area contributed by atoms with Crippen LogP contribution in [0.4, 0.5) is 0 Å². The molecule has 1 fully saturated rings. The molecule has 0 atom stereocenters. The molecule has 1 aliphatic rings. The highest BCUT2D eigenvalue weighted by molar-refractivity contribution is 7.89. The van der Waals surface area contributed by atoms with Gasteiger partial charge in [-0.25, -0.2) is 13.2 Å². The van der Waals surface area contributed by atoms with Gasteiger partial charge in [-0.05, 0) is 37.3 Å². The number of carbonyl (C=O) groups is 3. The third kappa shape index (κ3) is 6.50. The van der Waals surface area contributed by atoms with Gasteiger partial charge in [-0.1, -0.05) is 41.4 Å². The minimum Gasteiger partial charge on any atom is -0.452 e. The number of piperazine rings is 1. The summed E-state index contributed by atoms with van der Waals surface area (Å²) in [5.41, 5.74) is 1.45. The third-order valence-electron chi connectivity index (χ3n) is 5.09. The Labute approximate surface area is 197 Å². The Bertz CT molecular complexity index is 1150. The third-order valence-corrected chi connectivity index (χ3v) is 7.25. The van der Waals surface area contributed by atoms with E-state index in [0.717, 1.165) is 17.7 Å². The summed E-state index contributed by atoms with van der Waals surface area (Å²) in [6.45, 7) is 1.99. The van der Waals surface area contributed by atoms with E-state index in [9.17, 15) is 22.8 Å². The number of nitrogens with zero attached hydrogens (tertiary/aromatic N) is 2. The van der Waals surface area contributed by atoms with Crippen molar-refractivity contribution in [2.45, 2.75) is 11.8 Å². The van der Waals surface area contributed by atoms with Crippen molar-refractivity contribution in [2.75, 3.05) is 32.8 Å². The lowest BCUT2D eigenvalue weighted by Gasteiger charge is -2.33. The highest BCUT2D eigenvalue weighted by atomic mass is 35.5. The number of amides is 1. The molecule has 3 rings (SSSR count). The SMILES string of the molecule is Cc1ccc(C(=O)C=CC(=O)OCC(=O)N2CCN(S(=O)(=O)c3ccc(Cl)cc3)CC2)cc1. The van der Waals surface area contributed by atoms with Gasteiger partial charge in [0.2, 0.25) is 10.0 Å². The monoisotopic (exact) mass is 490 g/mol. The van der Waals surface area contributed by atoms with Crippen LogP contribution in [0, 0.1) is 6.92 Å². The van der Waals surface area contributed by atoms with E-state index in [4.69, 9.17) is 16.3 Å². The molecule has 0 spiro atoms. The second-order valence-corrected chi connectivity index (χ2v) is 9.78. The molecule has 0 N–H and O–H groups in total. The van der Waals surface area contributed by atoms with E-state index < -0.39 is 28.5 Å². The fourth-order valence-corrected chi connectivity index (χ4v) is 4.71. The van der Waals surface area contributed by atoms with Crippen LogP contribution < -0.4 is 0 Å². The summed E-state index contributed by atoms with van der Waals surface area (Å²) in [4.78, 5) is 37.8. The van der Waals surface area contributed by atoms with E-state index in [1.165, 1.54) is 33.5 Å². The van der Waals surface area contributed by atoms with Crippen LogP contribution in [0.15, 0.2) is 65.6 Å². The molecule has 0 unspecified atom stereocenters. The van der Waals surface area contributed by atoms with Crippen LogP contribution in [0.1, 0.15) is 15.9 Å². The van der Waals surface area contributed by atoms with Crippen LogP contribution in [-0.2, 0) is 24.3 Å². The first-order chi connectivity index (χ1) is 15.7. The summed E-state index contributed by atoms with van der Waals surface area (Å²) in [5, 5.41) is 0.438. The van der Waals surface area contributed by atoms with Crippen LogP contribution in [0.2, 0.25) is 5.02 Å². The summed E-state index contributed by atoms with van der Waals surface area (Å²) < 4.78 is 31.6. The molecule has 1 amide bonds. The molecule has 0 radical (unpaired) electrons. The van der Waals surface area contributed by atoms with Crippen molar-refractivity contribution in [3.05, 3.63) is 76.8 Å². The quantitative estimate of drug-likeness (QED) is 0.336. The van der Waals surface area contributed by atoms with Crippen LogP contribution in [0.3, 0.4) is 0 Å². The van der Waals surface area contributed by atoms with Crippen molar-refractivity contribution in [1.29, 1.82) is 0 Å². The topological polar surface area (TPSA) is 101 Å². The molecule has 2 aromatic rings. The lowest BCUT2D eigenvalue weighted by Crippen LogP contribution is -2.51. The maximum absolute atomic E-state index is 12.7. The van der Waals surface area contributed by atoms with Crippen molar-refractivity contribution in [2.24, 2.45) is 0 Å². The number of rotatable bonds is 7. The van der Waals surface area contributed by atoms with Crippen LogP contribution >= 0.6 is 11.6 Å². The molecule has 0 saturated carbocycles. The van der Waals surface area contributed by atoms with Gasteiger partial charge >= 0.3 is 5.97 Å². The Kier molecular flexibility index (Phi) is 8.01. The van der Waals surface area contributed by atoms with Gasteiger partial charge in [0.15, 0.2) is 12.4 Å². The molecule has 1 heterocycles. The summed E-state index contributed by atoms with van der Waals surface area (Å²) in [6.07, 6.45) is 2.07. The second-order valence-electron chi connectivity index (χ2n) is 7.41. The van der Waals surface area contributed by atoms with Crippen molar-refractivity contribution < 1.29 is 27.5 Å². The molecule has 8 nitrogen and oxygen atoms in total. The van der Waals surface area contributed by atoms with Gasteiger partial charge in [-0.15, -0.1) is 0 Å². The number of hydrogen-bond donors (Lipinski definition) is 0. The Hall–Kier alpha value is -3.01. The Morgan fingerprint density at radius 1 is 0.939 bits per heavy atom. The number of aryl methyl sites for hydroxylation is 1. The van der Waals surface area contributed by atoms with Gasteiger partial charge in [-0.2, -0.15) is 4.31 Å². The molecule has 174 valence electrons. The van der Waals surface area contributed by atoms with E-state index in [0.29, 0.717) is 10.6 Å². The highest BCUT2D eigenvalue weighted by Crippen LogP contribution is 2.20. The van der Waals surface area contributed by atoms with E-state index in [-0.39, 0.29) is 36.9 Å². The first kappa shape index (κ1) is 24.6. The van der Waals surface area contributed by atoms with Gasteiger partial charge in [0.1, 0.15) is 0 Å². The predicted molar refractivity (Wildman–Crippen MR) is 122 cm³/mol. The second kappa shape index (κ2) is 10.7. The molecule has 2 aromatic carbocycles. The molecule has 1 saturated heterocycles. The number of benzene rings is 2. The summed E-state index contributed by atoms with van der Waals surface area (Å²) >= 11 is 5.81. The van der Waals surface area contributed by atoms with Crippen LogP contribution in [0.5, 0.6) is 0 Å². The number of halogens is 1. The maximum Gasteiger partial charge on any atom is 0.331 e. The number of allylic oxidation sites excluding steroid dienone is 1. The maximum atomic E-state index is 12.7. The van der Waals surface area contributed by atoms with Crippen molar-refractivity contribution in [3.63, 3.8) is 0 Å². The Morgan fingerprint density at radius 2 is 1.55 bits per heavy atom. The van der Waals surface area contributed by atoms with Crippen molar-refractivity contribution >= 4 is 39.3 Å². The van der Waals surface area contributed by atoms with E-state index in [1.54, 1.807) is 24.3 Å². The smallest absolute Gasteiger partial charge is 0.331 e. The van der Waals surface area contributed by atoms with Gasteiger partial charge in [-0.3, -0.25) is 9.59 Å². The average Bonchev–Trinajstić information content (AvgIpc) is 2.81. The summed E-state index contributed by atoms with van der Waals surface area (Å²) in [7, 11) is -3.68. The summed E-state index contributed by atoms with van der Waals surface area (Å²) in [6, 6.07) is 12.8. The molecule has 1 aliphatic heterocycles. The Balaban J connectivity index is 1.46. The largest absolute Gasteiger partial charge is 0.452 e. The van der Waals surface area contributed by atoms with E-state index in [2.05, 4.69) is 0 Å². The standard InChI is InChI=1S/C23H23ClN2O6S/c1-17-2-4-18(5-3-17)21(27)10-11-23(29)32-16-22(28)25-12-14-26(15-13-25)33(30,31)20-8-6-19(24)7-9-20/h2-11H,12-16H2,1H3. The van der Waals surface area contributed by atoms with Crippen LogP contribution in [-0.4, -0.2) is 68.1 Å². The minimum atomic E-state index is -3.68. The number of ketones is 1. The van der Waals surface area contributed by atoms with Gasteiger partial charge in [0, 0.05) is 42.8 Å². The zero-order valence-electron chi connectivity index (χ0n) is 17.9. The molecule has 10 heteroatoms. The Morgan fingerprint density at radius 3 is 2.15 bits per heavy atom. The predicted octanol–water partition coefficient (Wildman–Crippen LogP) is 2.46. The first-order valence-corrected chi connectivity index (χ1v) is 12.0. The van der Waals surface area contributed by atoms with E-state index >= 15 is 0 Å². The minimum absolute atomic E-state index is 0.121. The fraction of sp³-hybridized carbons (Fsp3) is 0.261. The number of carbonyl (C=O) groups excluding carboxylic acids is 3. The fourth-order valence-electron chi connectivity index (χ4n) is 3.16. The number of hydrogen-bond acceptors (Lipinski definition) is 6. The van der Waals surface area contributed by atoms with Crippen molar-refractivity contribution in [1.82, 2.24) is 9.21 Å². The lowest BCUT2D eigenvalue weighted by molar-refractivity contribution is -0.148. The average molecular weight is 491 g/mol. The molecule has 0 aromatic heterocycles. The molecule has 33 heavy (non-hydrogen) atoms. The van der Waals surface area contributed by atoms with E-state index in [1.807, 2.05) is 6.92 Å². The zero-order valence-corrected chi connectivity index (χ0v) is 19.5. The molecular weight excluding hydrogens is 468 g/mol. The lowest BCUT2D eigenvalue weighted by atomic mass is 10.1. The number of ether oxygens (including phenoxy) is 1. The molecule has 0 bridgehead atoms. The molecular formula is C23H23ClN2O6S. The van der Waals surface area contributed by atoms with Crippen molar-refractivity contribution in [3.8, 4) is 0 Å².